The van der Waals surface area contributed by atoms with E-state index in [4.69, 9.17) is 9.47 Å². The Labute approximate surface area is 156 Å². The number of ether oxygens (including phenoxy) is 2. The van der Waals surface area contributed by atoms with Crippen molar-refractivity contribution in [3.8, 4) is 11.5 Å². The van der Waals surface area contributed by atoms with Crippen LogP contribution in [0.25, 0.3) is 16.3 Å². The first-order valence-corrected chi connectivity index (χ1v) is 8.98. The molecule has 1 unspecified atom stereocenters. The summed E-state index contributed by atoms with van der Waals surface area (Å²) < 4.78 is 11.7. The Kier molecular flexibility index (Phi) is 5.53. The first-order valence-electron chi connectivity index (χ1n) is 8.17. The van der Waals surface area contributed by atoms with E-state index in [0.29, 0.717) is 11.5 Å². The number of nitrogens with one attached hydrogen (secondary N) is 1. The van der Waals surface area contributed by atoms with Crippen molar-refractivity contribution in [3.63, 3.8) is 0 Å². The van der Waals surface area contributed by atoms with E-state index in [0.717, 1.165) is 20.8 Å². The number of methoxy groups -OCH3 is 2. The number of benzene rings is 2. The van der Waals surface area contributed by atoms with E-state index in [1.54, 1.807) is 31.6 Å². The summed E-state index contributed by atoms with van der Waals surface area (Å²) in [6.07, 6.45) is 3.23. The molecule has 0 spiro atoms. The molecule has 26 heavy (non-hydrogen) atoms. The van der Waals surface area contributed by atoms with Crippen LogP contribution in [-0.4, -0.2) is 25.1 Å². The normalized spacial score (nSPS) is 12.3. The van der Waals surface area contributed by atoms with Gasteiger partial charge in [-0.2, -0.15) is 0 Å². The summed E-state index contributed by atoms with van der Waals surface area (Å²) in [4.78, 5) is 16.8. The maximum absolute atomic E-state index is 12.3. The second-order valence-electron chi connectivity index (χ2n) is 5.69. The quantitative estimate of drug-likeness (QED) is 0.662. The summed E-state index contributed by atoms with van der Waals surface area (Å²) in [6.45, 7) is 1.90. The summed E-state index contributed by atoms with van der Waals surface area (Å²) >= 11 is 1.55. The highest BCUT2D eigenvalue weighted by Gasteiger charge is 2.14. The van der Waals surface area contributed by atoms with Crippen molar-refractivity contribution < 1.29 is 14.3 Å². The summed E-state index contributed by atoms with van der Waals surface area (Å²) in [5, 5.41) is 3.74. The second kappa shape index (κ2) is 8.01. The predicted octanol–water partition coefficient (Wildman–Crippen LogP) is 4.20. The van der Waals surface area contributed by atoms with Crippen molar-refractivity contribution in [2.45, 2.75) is 13.0 Å². The monoisotopic (exact) mass is 368 g/mol. The Morgan fingerprint density at radius 1 is 1.19 bits per heavy atom. The van der Waals surface area contributed by atoms with Crippen LogP contribution in [0.3, 0.4) is 0 Å². The highest BCUT2D eigenvalue weighted by molar-refractivity contribution is 7.19. The summed E-state index contributed by atoms with van der Waals surface area (Å²) in [5.74, 6) is 1.22. The number of amides is 1. The molecule has 1 aromatic heterocycles. The van der Waals surface area contributed by atoms with Gasteiger partial charge in [-0.15, -0.1) is 11.3 Å². The largest absolute Gasteiger partial charge is 0.497 e. The Bertz CT molecular complexity index is 916. The molecule has 0 fully saturated rings. The number of hydrogen-bond acceptors (Lipinski definition) is 5. The van der Waals surface area contributed by atoms with E-state index >= 15 is 0 Å². The number of hydrogen-bond donors (Lipinski definition) is 1. The maximum Gasteiger partial charge on any atom is 0.244 e. The highest BCUT2D eigenvalue weighted by Crippen LogP contribution is 2.29. The minimum atomic E-state index is -0.229. The zero-order chi connectivity index (χ0) is 18.5. The molecule has 2 aromatic carbocycles. The molecule has 0 saturated carbocycles. The van der Waals surface area contributed by atoms with Crippen LogP contribution in [-0.2, 0) is 4.79 Å². The van der Waals surface area contributed by atoms with Gasteiger partial charge in [-0.1, -0.05) is 12.1 Å². The number of thiazole rings is 1. The lowest BCUT2D eigenvalue weighted by Gasteiger charge is -2.17. The van der Waals surface area contributed by atoms with Crippen molar-refractivity contribution >= 4 is 33.5 Å². The van der Waals surface area contributed by atoms with Gasteiger partial charge in [0.15, 0.2) is 0 Å². The molecule has 0 aliphatic carbocycles. The predicted molar refractivity (Wildman–Crippen MR) is 105 cm³/mol. The molecule has 0 aliphatic rings. The fraction of sp³-hybridized carbons (Fsp3) is 0.200. The van der Waals surface area contributed by atoms with Crippen LogP contribution in [0.15, 0.2) is 48.5 Å². The molecule has 1 heterocycles. The van der Waals surface area contributed by atoms with Gasteiger partial charge >= 0.3 is 0 Å². The fourth-order valence-electron chi connectivity index (χ4n) is 2.63. The minimum Gasteiger partial charge on any atom is -0.497 e. The molecule has 0 aliphatic heterocycles. The molecular weight excluding hydrogens is 348 g/mol. The van der Waals surface area contributed by atoms with Crippen molar-refractivity contribution in [1.82, 2.24) is 10.3 Å². The lowest BCUT2D eigenvalue weighted by molar-refractivity contribution is -0.117. The van der Waals surface area contributed by atoms with Gasteiger partial charge in [0.2, 0.25) is 5.91 Å². The van der Waals surface area contributed by atoms with Crippen LogP contribution in [0, 0.1) is 0 Å². The van der Waals surface area contributed by atoms with E-state index in [9.17, 15) is 4.79 Å². The number of nitrogens with zero attached hydrogens (tertiary/aromatic N) is 1. The minimum absolute atomic E-state index is 0.193. The van der Waals surface area contributed by atoms with Crippen molar-refractivity contribution in [3.05, 3.63) is 59.1 Å². The molecule has 0 radical (unpaired) electrons. The number of fused-ring (bicyclic) bond motifs is 1. The average Bonchev–Trinajstić information content (AvgIpc) is 3.08. The Hall–Kier alpha value is -2.86. The van der Waals surface area contributed by atoms with E-state index in [2.05, 4.69) is 10.3 Å². The summed E-state index contributed by atoms with van der Waals surface area (Å²) in [7, 11) is 3.21. The molecule has 5 nitrogen and oxygen atoms in total. The average molecular weight is 368 g/mol. The lowest BCUT2D eigenvalue weighted by Crippen LogP contribution is -2.25. The van der Waals surface area contributed by atoms with Gasteiger partial charge in [-0.25, -0.2) is 4.98 Å². The Morgan fingerprint density at radius 3 is 2.73 bits per heavy atom. The van der Waals surface area contributed by atoms with Gasteiger partial charge < -0.3 is 14.8 Å². The zero-order valence-electron chi connectivity index (χ0n) is 14.9. The van der Waals surface area contributed by atoms with Crippen LogP contribution < -0.4 is 14.8 Å². The molecular formula is C20H20N2O3S. The second-order valence-corrected chi connectivity index (χ2v) is 6.75. The van der Waals surface area contributed by atoms with Crippen molar-refractivity contribution in [1.29, 1.82) is 0 Å². The van der Waals surface area contributed by atoms with Crippen LogP contribution >= 0.6 is 11.3 Å². The molecule has 0 bridgehead atoms. The molecule has 1 amide bonds. The third-order valence-electron chi connectivity index (χ3n) is 3.95. The van der Waals surface area contributed by atoms with Crippen molar-refractivity contribution in [2.24, 2.45) is 0 Å². The third kappa shape index (κ3) is 4.03. The Morgan fingerprint density at radius 2 is 2.00 bits per heavy atom. The fourth-order valence-corrected chi connectivity index (χ4v) is 3.50. The molecule has 1 N–H and O–H groups in total. The summed E-state index contributed by atoms with van der Waals surface area (Å²) in [6, 6.07) is 13.2. The van der Waals surface area contributed by atoms with Crippen molar-refractivity contribution in [2.75, 3.05) is 14.2 Å². The van der Waals surface area contributed by atoms with Crippen LogP contribution in [0.2, 0.25) is 0 Å². The van der Waals surface area contributed by atoms with Crippen LogP contribution in [0.4, 0.5) is 0 Å². The first kappa shape index (κ1) is 17.9. The number of carbonyl (C=O) groups excluding carboxylic acids is 1. The standard InChI is InChI=1S/C20H20N2O3S/c1-13(15-12-14(24-2)8-9-17(15)25-3)21-19(23)10-11-20-22-16-6-4-5-7-18(16)26-20/h4-13H,1-3H3,(H,21,23)/b11-10+. The molecule has 6 heteroatoms. The Balaban J connectivity index is 1.71. The van der Waals surface area contributed by atoms with Gasteiger partial charge in [0.1, 0.15) is 16.5 Å². The van der Waals surface area contributed by atoms with Crippen LogP contribution in [0.1, 0.15) is 23.5 Å². The molecule has 3 aromatic rings. The number of aromatic nitrogens is 1. The van der Waals surface area contributed by atoms with E-state index in [1.807, 2.05) is 49.4 Å². The number of para-hydroxylation sites is 1. The molecule has 134 valence electrons. The molecule has 0 saturated heterocycles. The molecule has 1 atom stereocenters. The SMILES string of the molecule is COc1ccc(OC)c(C(C)NC(=O)/C=C/c2nc3ccccc3s2)c1. The smallest absolute Gasteiger partial charge is 0.244 e. The molecule has 3 rings (SSSR count). The zero-order valence-corrected chi connectivity index (χ0v) is 15.7. The maximum atomic E-state index is 12.3. The highest BCUT2D eigenvalue weighted by atomic mass is 32.1. The first-order chi connectivity index (χ1) is 12.6. The topological polar surface area (TPSA) is 60.5 Å². The van der Waals surface area contributed by atoms with E-state index in [-0.39, 0.29) is 11.9 Å². The third-order valence-corrected chi connectivity index (χ3v) is 4.95. The number of carbonyl (C=O) groups is 1. The van der Waals surface area contributed by atoms with E-state index in [1.165, 1.54) is 6.08 Å². The van der Waals surface area contributed by atoms with Crippen LogP contribution in [0.5, 0.6) is 11.5 Å². The number of rotatable bonds is 6. The van der Waals surface area contributed by atoms with Gasteiger partial charge in [0, 0.05) is 11.6 Å². The van der Waals surface area contributed by atoms with Gasteiger partial charge in [0.25, 0.3) is 0 Å². The van der Waals surface area contributed by atoms with Gasteiger partial charge in [-0.05, 0) is 43.3 Å². The lowest BCUT2D eigenvalue weighted by atomic mass is 10.1. The van der Waals surface area contributed by atoms with Gasteiger partial charge in [0.05, 0.1) is 30.5 Å². The summed E-state index contributed by atoms with van der Waals surface area (Å²) in [5.41, 5.74) is 1.79. The van der Waals surface area contributed by atoms with Gasteiger partial charge in [-0.3, -0.25) is 4.79 Å². The van der Waals surface area contributed by atoms with E-state index < -0.39 is 0 Å².